The van der Waals surface area contributed by atoms with Gasteiger partial charge in [-0.2, -0.15) is 0 Å². The predicted molar refractivity (Wildman–Crippen MR) is 76.5 cm³/mol. The summed E-state index contributed by atoms with van der Waals surface area (Å²) in [7, 11) is -0.276. The minimum atomic E-state index is -3.35. The van der Waals surface area contributed by atoms with Crippen LogP contribution in [0.3, 0.4) is 0 Å². The minimum Gasteiger partial charge on any atom is -0.371 e. The summed E-state index contributed by atoms with van der Waals surface area (Å²) in [6, 6.07) is 5.24. The van der Waals surface area contributed by atoms with Crippen molar-refractivity contribution in [2.45, 2.75) is 17.7 Å². The predicted octanol–water partition coefficient (Wildman–Crippen LogP) is 2.30. The van der Waals surface area contributed by atoms with E-state index in [4.69, 9.17) is 0 Å². The van der Waals surface area contributed by atoms with Crippen molar-refractivity contribution in [3.63, 3.8) is 0 Å². The molecule has 0 bridgehead atoms. The largest absolute Gasteiger partial charge is 0.371 e. The van der Waals surface area contributed by atoms with Crippen LogP contribution in [0.25, 0.3) is 0 Å². The third-order valence-electron chi connectivity index (χ3n) is 3.14. The second kappa shape index (κ2) is 5.19. The Morgan fingerprint density at radius 3 is 2.33 bits per heavy atom. The Morgan fingerprint density at radius 2 is 1.83 bits per heavy atom. The molecule has 1 aromatic carbocycles. The van der Waals surface area contributed by atoms with Crippen molar-refractivity contribution in [3.8, 4) is 0 Å². The molecule has 0 radical (unpaired) electrons. The second-order valence-electron chi connectivity index (χ2n) is 4.59. The van der Waals surface area contributed by atoms with Crippen molar-refractivity contribution < 1.29 is 8.42 Å². The third kappa shape index (κ3) is 2.55. The molecule has 0 aliphatic carbocycles. The van der Waals surface area contributed by atoms with Crippen LogP contribution < -0.4 is 4.90 Å². The standard InChI is InChI=1S/C12H17BrN2O2S/c1-14(2)18(16,17)10-5-6-12(11(13)9-10)15-7-3-4-8-15/h5-6,9H,3-4,7-8H2,1-2H3. The SMILES string of the molecule is CN(C)S(=O)(=O)c1ccc(N2CCCC2)c(Br)c1. The Hall–Kier alpha value is -0.590. The van der Waals surface area contributed by atoms with E-state index in [-0.39, 0.29) is 0 Å². The lowest BCUT2D eigenvalue weighted by atomic mass is 10.3. The van der Waals surface area contributed by atoms with Gasteiger partial charge in [-0.25, -0.2) is 12.7 Å². The van der Waals surface area contributed by atoms with Crippen molar-refractivity contribution in [3.05, 3.63) is 22.7 Å². The van der Waals surface area contributed by atoms with E-state index in [1.165, 1.54) is 31.2 Å². The van der Waals surface area contributed by atoms with E-state index in [1.54, 1.807) is 12.1 Å². The highest BCUT2D eigenvalue weighted by atomic mass is 79.9. The molecule has 0 unspecified atom stereocenters. The molecule has 0 atom stereocenters. The lowest BCUT2D eigenvalue weighted by molar-refractivity contribution is 0.520. The van der Waals surface area contributed by atoms with Crippen LogP contribution in [0, 0.1) is 0 Å². The van der Waals surface area contributed by atoms with Crippen LogP contribution in [0.5, 0.6) is 0 Å². The van der Waals surface area contributed by atoms with Gasteiger partial charge in [0.05, 0.1) is 10.6 Å². The fourth-order valence-electron chi connectivity index (χ4n) is 2.07. The van der Waals surface area contributed by atoms with Crippen LogP contribution in [0.1, 0.15) is 12.8 Å². The van der Waals surface area contributed by atoms with Gasteiger partial charge in [0, 0.05) is 31.7 Å². The molecule has 1 aliphatic heterocycles. The number of benzene rings is 1. The van der Waals surface area contributed by atoms with Crippen LogP contribution in [-0.4, -0.2) is 39.9 Å². The maximum atomic E-state index is 12.0. The normalized spacial score (nSPS) is 16.6. The summed E-state index contributed by atoms with van der Waals surface area (Å²) >= 11 is 3.47. The first kappa shape index (κ1) is 13.8. The van der Waals surface area contributed by atoms with Crippen molar-refractivity contribution in [2.24, 2.45) is 0 Å². The average molecular weight is 333 g/mol. The maximum absolute atomic E-state index is 12.0. The Kier molecular flexibility index (Phi) is 3.99. The van der Waals surface area contributed by atoms with Crippen LogP contribution in [0.4, 0.5) is 5.69 Å². The van der Waals surface area contributed by atoms with Crippen LogP contribution in [0.2, 0.25) is 0 Å². The lowest BCUT2D eigenvalue weighted by Crippen LogP contribution is -2.23. The molecule has 0 N–H and O–H groups in total. The second-order valence-corrected chi connectivity index (χ2v) is 7.60. The fraction of sp³-hybridized carbons (Fsp3) is 0.500. The molecule has 18 heavy (non-hydrogen) atoms. The van der Waals surface area contributed by atoms with E-state index in [0.29, 0.717) is 4.90 Å². The van der Waals surface area contributed by atoms with E-state index in [1.807, 2.05) is 6.07 Å². The summed E-state index contributed by atoms with van der Waals surface area (Å²) in [6.45, 7) is 2.08. The smallest absolute Gasteiger partial charge is 0.242 e. The van der Waals surface area contributed by atoms with Crippen LogP contribution in [0.15, 0.2) is 27.6 Å². The Morgan fingerprint density at radius 1 is 1.22 bits per heavy atom. The zero-order chi connectivity index (χ0) is 13.3. The number of hydrogen-bond acceptors (Lipinski definition) is 3. The van der Waals surface area contributed by atoms with E-state index < -0.39 is 10.0 Å². The number of nitrogens with zero attached hydrogens (tertiary/aromatic N) is 2. The van der Waals surface area contributed by atoms with Gasteiger partial charge in [0.2, 0.25) is 10.0 Å². The zero-order valence-corrected chi connectivity index (χ0v) is 13.0. The Balaban J connectivity index is 2.36. The molecule has 0 aromatic heterocycles. The van der Waals surface area contributed by atoms with Crippen LogP contribution >= 0.6 is 15.9 Å². The highest BCUT2D eigenvalue weighted by Crippen LogP contribution is 2.31. The van der Waals surface area contributed by atoms with Gasteiger partial charge in [-0.15, -0.1) is 0 Å². The minimum absolute atomic E-state index is 0.322. The van der Waals surface area contributed by atoms with Crippen molar-refractivity contribution in [1.82, 2.24) is 4.31 Å². The molecule has 1 fully saturated rings. The number of halogens is 1. The van der Waals surface area contributed by atoms with Crippen molar-refractivity contribution in [1.29, 1.82) is 0 Å². The molecule has 1 heterocycles. The molecule has 0 spiro atoms. The summed E-state index contributed by atoms with van der Waals surface area (Å²) in [5.41, 5.74) is 1.07. The van der Waals surface area contributed by atoms with Gasteiger partial charge in [0.15, 0.2) is 0 Å². The van der Waals surface area contributed by atoms with E-state index in [0.717, 1.165) is 23.2 Å². The van der Waals surface area contributed by atoms with E-state index in [2.05, 4.69) is 20.8 Å². The van der Waals surface area contributed by atoms with Gasteiger partial charge in [-0.05, 0) is 47.0 Å². The van der Waals surface area contributed by atoms with Gasteiger partial charge in [0.1, 0.15) is 0 Å². The third-order valence-corrected chi connectivity index (χ3v) is 5.59. The Labute approximate surface area is 117 Å². The molecular formula is C12H17BrN2O2S. The maximum Gasteiger partial charge on any atom is 0.242 e. The summed E-state index contributed by atoms with van der Waals surface area (Å²) < 4.78 is 26.1. The molecule has 1 aliphatic rings. The molecule has 100 valence electrons. The highest BCUT2D eigenvalue weighted by molar-refractivity contribution is 9.10. The fourth-order valence-corrected chi connectivity index (χ4v) is 3.78. The van der Waals surface area contributed by atoms with E-state index in [9.17, 15) is 8.42 Å². The number of anilines is 1. The lowest BCUT2D eigenvalue weighted by Gasteiger charge is -2.20. The van der Waals surface area contributed by atoms with Crippen molar-refractivity contribution >= 4 is 31.6 Å². The molecular weight excluding hydrogens is 316 g/mol. The summed E-state index contributed by atoms with van der Waals surface area (Å²) in [6.07, 6.45) is 2.40. The molecule has 1 aromatic rings. The van der Waals surface area contributed by atoms with Crippen molar-refractivity contribution in [2.75, 3.05) is 32.1 Å². The number of rotatable bonds is 3. The van der Waals surface area contributed by atoms with Gasteiger partial charge in [0.25, 0.3) is 0 Å². The Bertz CT molecular complexity index is 537. The molecule has 1 saturated heterocycles. The molecule has 0 amide bonds. The highest BCUT2D eigenvalue weighted by Gasteiger charge is 2.20. The quantitative estimate of drug-likeness (QED) is 0.852. The number of hydrogen-bond donors (Lipinski definition) is 0. The first-order valence-corrected chi connectivity index (χ1v) is 8.13. The van der Waals surface area contributed by atoms with Crippen LogP contribution in [-0.2, 0) is 10.0 Å². The molecule has 0 saturated carbocycles. The summed E-state index contributed by atoms with van der Waals surface area (Å²) in [5, 5.41) is 0. The number of sulfonamides is 1. The monoisotopic (exact) mass is 332 g/mol. The zero-order valence-electron chi connectivity index (χ0n) is 10.6. The van der Waals surface area contributed by atoms with Gasteiger partial charge in [-0.3, -0.25) is 0 Å². The molecule has 4 nitrogen and oxygen atoms in total. The molecule has 2 rings (SSSR count). The topological polar surface area (TPSA) is 40.6 Å². The van der Waals surface area contributed by atoms with E-state index >= 15 is 0 Å². The average Bonchev–Trinajstić information content (AvgIpc) is 2.82. The summed E-state index contributed by atoms with van der Waals surface area (Å²) in [5.74, 6) is 0. The molecule has 6 heteroatoms. The first-order valence-electron chi connectivity index (χ1n) is 5.90. The van der Waals surface area contributed by atoms with Gasteiger partial charge in [-0.1, -0.05) is 0 Å². The van der Waals surface area contributed by atoms with Gasteiger partial charge < -0.3 is 4.90 Å². The van der Waals surface area contributed by atoms with Gasteiger partial charge >= 0.3 is 0 Å². The summed E-state index contributed by atoms with van der Waals surface area (Å²) in [4.78, 5) is 2.60. The first-order chi connectivity index (χ1) is 8.43.